The number of ether oxygens (including phenoxy) is 1. The van der Waals surface area contributed by atoms with Crippen molar-refractivity contribution in [3.05, 3.63) is 35.4 Å². The molecule has 0 spiro atoms. The minimum atomic E-state index is 0. The number of benzene rings is 1. The molecule has 1 saturated carbocycles. The first-order chi connectivity index (χ1) is 14.7. The summed E-state index contributed by atoms with van der Waals surface area (Å²) >= 11 is 0. The van der Waals surface area contributed by atoms with Gasteiger partial charge < -0.3 is 20.3 Å². The Morgan fingerprint density at radius 1 is 1.10 bits per heavy atom. The lowest BCUT2D eigenvalue weighted by molar-refractivity contribution is -0.135. The number of amides is 1. The highest BCUT2D eigenvalue weighted by Gasteiger charge is 2.31. The Balaban J connectivity index is 0.00000341. The van der Waals surface area contributed by atoms with Crippen LogP contribution >= 0.6 is 24.0 Å². The molecule has 3 rings (SSSR count). The molecule has 1 unspecified atom stereocenters. The number of hydrogen-bond donors (Lipinski definition) is 2. The zero-order chi connectivity index (χ0) is 21.2. The van der Waals surface area contributed by atoms with E-state index in [2.05, 4.69) is 46.7 Å². The summed E-state index contributed by atoms with van der Waals surface area (Å²) < 4.78 is 5.45. The van der Waals surface area contributed by atoms with Crippen LogP contribution in [0.25, 0.3) is 0 Å². The van der Waals surface area contributed by atoms with Crippen molar-refractivity contribution >= 4 is 35.8 Å². The molecule has 7 heteroatoms. The maximum absolute atomic E-state index is 12.8. The van der Waals surface area contributed by atoms with Crippen LogP contribution in [0.3, 0.4) is 0 Å². The van der Waals surface area contributed by atoms with Gasteiger partial charge in [-0.2, -0.15) is 0 Å². The van der Waals surface area contributed by atoms with Gasteiger partial charge in [-0.1, -0.05) is 43.5 Å². The number of nitrogens with one attached hydrogen (secondary N) is 2. The number of carbonyl (C=O) groups is 1. The Hall–Kier alpha value is -1.35. The van der Waals surface area contributed by atoms with E-state index in [-0.39, 0.29) is 35.9 Å². The van der Waals surface area contributed by atoms with Crippen LogP contribution in [-0.4, -0.2) is 49.0 Å². The van der Waals surface area contributed by atoms with Gasteiger partial charge in [0.05, 0.1) is 13.2 Å². The maximum atomic E-state index is 12.8. The second-order valence-electron chi connectivity index (χ2n) is 8.40. The Morgan fingerprint density at radius 2 is 1.81 bits per heavy atom. The van der Waals surface area contributed by atoms with E-state index in [9.17, 15) is 4.79 Å². The minimum Gasteiger partial charge on any atom is -0.377 e. The normalized spacial score (nSPS) is 19.7. The Kier molecular flexibility index (Phi) is 11.6. The van der Waals surface area contributed by atoms with E-state index in [0.29, 0.717) is 19.1 Å². The maximum Gasteiger partial charge on any atom is 0.225 e. The molecule has 1 heterocycles. The lowest BCUT2D eigenvalue weighted by Crippen LogP contribution is -2.45. The molecule has 0 bridgehead atoms. The molecular formula is C24H39IN4O2. The first kappa shape index (κ1) is 25.9. The summed E-state index contributed by atoms with van der Waals surface area (Å²) in [5.41, 5.74) is 2.36. The van der Waals surface area contributed by atoms with Crippen molar-refractivity contribution in [2.75, 3.05) is 26.2 Å². The number of rotatable bonds is 8. The van der Waals surface area contributed by atoms with Crippen LogP contribution in [0.15, 0.2) is 29.3 Å². The van der Waals surface area contributed by atoms with Crippen LogP contribution < -0.4 is 10.6 Å². The number of guanidine groups is 1. The topological polar surface area (TPSA) is 66.0 Å². The van der Waals surface area contributed by atoms with Gasteiger partial charge >= 0.3 is 0 Å². The molecule has 2 aliphatic rings. The molecule has 1 aliphatic heterocycles. The van der Waals surface area contributed by atoms with E-state index in [0.717, 1.165) is 51.5 Å². The molecular weight excluding hydrogens is 503 g/mol. The van der Waals surface area contributed by atoms with Crippen molar-refractivity contribution in [2.24, 2.45) is 10.9 Å². The molecule has 2 fully saturated rings. The standard InChI is InChI=1S/C24H38N4O2.HI/c1-3-25-24(26-16-19-10-12-20(13-11-19)18-30-4-2)27-22-14-15-28(17-22)23(29)21-8-6-5-7-9-21;/h10-13,21-22H,3-9,14-18H2,1-2H3,(H2,25,26,27);1H. The van der Waals surface area contributed by atoms with Crippen molar-refractivity contribution in [3.8, 4) is 0 Å². The number of halogens is 1. The Labute approximate surface area is 204 Å². The molecule has 6 nitrogen and oxygen atoms in total. The van der Waals surface area contributed by atoms with Crippen LogP contribution in [0.4, 0.5) is 0 Å². The van der Waals surface area contributed by atoms with E-state index in [1.54, 1.807) is 0 Å². The molecule has 1 amide bonds. The largest absolute Gasteiger partial charge is 0.377 e. The highest BCUT2D eigenvalue weighted by molar-refractivity contribution is 14.0. The van der Waals surface area contributed by atoms with E-state index >= 15 is 0 Å². The third-order valence-corrected chi connectivity index (χ3v) is 6.05. The number of likely N-dealkylation sites (tertiary alicyclic amines) is 1. The summed E-state index contributed by atoms with van der Waals surface area (Å²) in [6.07, 6.45) is 6.81. The molecule has 0 radical (unpaired) electrons. The number of nitrogens with zero attached hydrogens (tertiary/aromatic N) is 2. The summed E-state index contributed by atoms with van der Waals surface area (Å²) in [4.78, 5) is 19.6. The molecule has 1 aliphatic carbocycles. The van der Waals surface area contributed by atoms with Gasteiger partial charge in [-0.15, -0.1) is 24.0 Å². The predicted octanol–water partition coefficient (Wildman–Crippen LogP) is 4.08. The number of carbonyl (C=O) groups excluding carboxylic acids is 1. The SMILES string of the molecule is CCNC(=NCc1ccc(COCC)cc1)NC1CCN(C(=O)C2CCCCC2)C1.I. The van der Waals surface area contributed by atoms with Crippen LogP contribution in [0.5, 0.6) is 0 Å². The summed E-state index contributed by atoms with van der Waals surface area (Å²) in [5.74, 6) is 1.45. The second kappa shape index (κ2) is 13.9. The quantitative estimate of drug-likeness (QED) is 0.295. The lowest BCUT2D eigenvalue weighted by Gasteiger charge is -2.26. The summed E-state index contributed by atoms with van der Waals surface area (Å²) in [6.45, 7) is 8.55. The lowest BCUT2D eigenvalue weighted by atomic mass is 9.88. The molecule has 31 heavy (non-hydrogen) atoms. The van der Waals surface area contributed by atoms with E-state index in [1.807, 2.05) is 6.92 Å². The van der Waals surface area contributed by atoms with Gasteiger partial charge in [0.1, 0.15) is 0 Å². The zero-order valence-electron chi connectivity index (χ0n) is 19.1. The van der Waals surface area contributed by atoms with Crippen LogP contribution in [0.1, 0.15) is 63.5 Å². The van der Waals surface area contributed by atoms with Gasteiger partial charge in [0.2, 0.25) is 5.91 Å². The zero-order valence-corrected chi connectivity index (χ0v) is 21.4. The van der Waals surface area contributed by atoms with Crippen molar-refractivity contribution < 1.29 is 9.53 Å². The third-order valence-electron chi connectivity index (χ3n) is 6.05. The third kappa shape index (κ3) is 8.25. The van der Waals surface area contributed by atoms with Crippen LogP contribution in [0, 0.1) is 5.92 Å². The molecule has 174 valence electrons. The summed E-state index contributed by atoms with van der Waals surface area (Å²) in [7, 11) is 0. The minimum absolute atomic E-state index is 0. The molecule has 2 N–H and O–H groups in total. The van der Waals surface area contributed by atoms with Crippen molar-refractivity contribution in [2.45, 2.75) is 71.6 Å². The smallest absolute Gasteiger partial charge is 0.225 e. The molecule has 1 aromatic rings. The second-order valence-corrected chi connectivity index (χ2v) is 8.40. The molecule has 0 aromatic heterocycles. The van der Waals surface area contributed by atoms with Gasteiger partial charge in [-0.25, -0.2) is 4.99 Å². The van der Waals surface area contributed by atoms with E-state index < -0.39 is 0 Å². The van der Waals surface area contributed by atoms with Gasteiger partial charge in [0.15, 0.2) is 5.96 Å². The first-order valence-electron chi connectivity index (χ1n) is 11.7. The highest BCUT2D eigenvalue weighted by atomic mass is 127. The van der Waals surface area contributed by atoms with E-state index in [4.69, 9.17) is 9.73 Å². The molecule has 1 atom stereocenters. The first-order valence-corrected chi connectivity index (χ1v) is 11.7. The van der Waals surface area contributed by atoms with Crippen molar-refractivity contribution in [1.82, 2.24) is 15.5 Å². The molecule has 1 saturated heterocycles. The van der Waals surface area contributed by atoms with E-state index in [1.165, 1.54) is 30.4 Å². The number of hydrogen-bond acceptors (Lipinski definition) is 3. The average molecular weight is 543 g/mol. The van der Waals surface area contributed by atoms with Crippen LogP contribution in [-0.2, 0) is 22.7 Å². The fourth-order valence-electron chi connectivity index (χ4n) is 4.33. The fourth-order valence-corrected chi connectivity index (χ4v) is 4.33. The number of aliphatic imine (C=N–C) groups is 1. The highest BCUT2D eigenvalue weighted by Crippen LogP contribution is 2.26. The van der Waals surface area contributed by atoms with Gasteiger partial charge in [0.25, 0.3) is 0 Å². The summed E-state index contributed by atoms with van der Waals surface area (Å²) in [6, 6.07) is 8.70. The monoisotopic (exact) mass is 542 g/mol. The average Bonchev–Trinajstić information content (AvgIpc) is 3.25. The summed E-state index contributed by atoms with van der Waals surface area (Å²) in [5, 5.41) is 6.88. The van der Waals surface area contributed by atoms with Gasteiger partial charge in [0, 0.05) is 38.2 Å². The Bertz CT molecular complexity index is 689. The van der Waals surface area contributed by atoms with Crippen LogP contribution in [0.2, 0.25) is 0 Å². The van der Waals surface area contributed by atoms with Gasteiger partial charge in [-0.3, -0.25) is 4.79 Å². The van der Waals surface area contributed by atoms with Crippen molar-refractivity contribution in [3.63, 3.8) is 0 Å². The Morgan fingerprint density at radius 3 is 2.48 bits per heavy atom. The van der Waals surface area contributed by atoms with Crippen molar-refractivity contribution in [1.29, 1.82) is 0 Å². The van der Waals surface area contributed by atoms with Gasteiger partial charge in [-0.05, 0) is 44.2 Å². The fraction of sp³-hybridized carbons (Fsp3) is 0.667. The molecule has 1 aromatic carbocycles. The predicted molar refractivity (Wildman–Crippen MR) is 137 cm³/mol.